The number of benzene rings is 1. The quantitative estimate of drug-likeness (QED) is 0.548. The molecule has 2 amide bonds. The van der Waals surface area contributed by atoms with Crippen LogP contribution in [0.2, 0.25) is 5.02 Å². The van der Waals surface area contributed by atoms with Crippen molar-refractivity contribution in [3.05, 3.63) is 82.0 Å². The van der Waals surface area contributed by atoms with Crippen molar-refractivity contribution in [2.24, 2.45) is 0 Å². The van der Waals surface area contributed by atoms with E-state index in [4.69, 9.17) is 16.3 Å². The molecule has 32 heavy (non-hydrogen) atoms. The zero-order chi connectivity index (χ0) is 22.5. The Morgan fingerprint density at radius 2 is 2.03 bits per heavy atom. The van der Waals surface area contributed by atoms with Crippen molar-refractivity contribution in [2.45, 2.75) is 18.4 Å². The number of methoxy groups -OCH3 is 1. The number of ether oxygens (including phenoxy) is 1. The Kier molecular flexibility index (Phi) is 6.61. The maximum Gasteiger partial charge on any atom is 0.319 e. The number of carbonyl (C=O) groups is 1. The third-order valence-electron chi connectivity index (χ3n) is 5.53. The van der Waals surface area contributed by atoms with Gasteiger partial charge >= 0.3 is 6.03 Å². The molecule has 0 aliphatic carbocycles. The minimum Gasteiger partial charge on any atom is -0.495 e. The first-order chi connectivity index (χ1) is 15.5. The fraction of sp³-hybridized carbons (Fsp3) is 0.261. The maximum absolute atomic E-state index is 12.7. The number of pyridine rings is 2. The molecular formula is C23H24ClN5O3. The Hall–Kier alpha value is -3.52. The van der Waals surface area contributed by atoms with Gasteiger partial charge in [-0.25, -0.2) is 4.79 Å². The lowest BCUT2D eigenvalue weighted by Crippen LogP contribution is -2.51. The summed E-state index contributed by atoms with van der Waals surface area (Å²) >= 11 is 5.92. The number of H-pyrrole nitrogens is 1. The van der Waals surface area contributed by atoms with Crippen LogP contribution in [0.1, 0.15) is 18.0 Å². The minimum absolute atomic E-state index is 0.0788. The molecule has 0 saturated carbocycles. The molecule has 2 aromatic heterocycles. The number of hydrogen-bond acceptors (Lipinski definition) is 5. The van der Waals surface area contributed by atoms with Crippen molar-refractivity contribution in [1.29, 1.82) is 0 Å². The molecule has 9 heteroatoms. The SMILES string of the molecule is COc1ccc(C2CN(c3cc[nH]c(=O)c3)CCC2NC(=O)Nc2ccc(Cl)cc2)nc1. The summed E-state index contributed by atoms with van der Waals surface area (Å²) in [5, 5.41) is 6.55. The van der Waals surface area contributed by atoms with E-state index in [9.17, 15) is 9.59 Å². The van der Waals surface area contributed by atoms with Gasteiger partial charge in [-0.3, -0.25) is 9.78 Å². The number of anilines is 2. The topological polar surface area (TPSA) is 99.4 Å². The Balaban J connectivity index is 1.53. The second kappa shape index (κ2) is 9.74. The molecule has 2 unspecified atom stereocenters. The van der Waals surface area contributed by atoms with Crippen LogP contribution in [0.4, 0.5) is 16.2 Å². The number of nitrogens with one attached hydrogen (secondary N) is 3. The highest BCUT2D eigenvalue weighted by Crippen LogP contribution is 2.30. The molecule has 3 aromatic rings. The van der Waals surface area contributed by atoms with Gasteiger partial charge in [-0.1, -0.05) is 11.6 Å². The van der Waals surface area contributed by atoms with Crippen molar-refractivity contribution in [3.63, 3.8) is 0 Å². The molecule has 166 valence electrons. The van der Waals surface area contributed by atoms with E-state index in [0.29, 0.717) is 36.0 Å². The van der Waals surface area contributed by atoms with Gasteiger partial charge in [-0.15, -0.1) is 0 Å². The second-order valence-corrected chi connectivity index (χ2v) is 8.02. The first-order valence-corrected chi connectivity index (χ1v) is 10.7. The molecule has 0 spiro atoms. The smallest absolute Gasteiger partial charge is 0.319 e. The summed E-state index contributed by atoms with van der Waals surface area (Å²) in [5.41, 5.74) is 2.20. The molecule has 0 radical (unpaired) electrons. The highest BCUT2D eigenvalue weighted by Gasteiger charge is 2.33. The average molecular weight is 454 g/mol. The van der Waals surface area contributed by atoms with Crippen molar-refractivity contribution < 1.29 is 9.53 Å². The van der Waals surface area contributed by atoms with E-state index in [1.54, 1.807) is 49.8 Å². The molecule has 1 aliphatic heterocycles. The predicted molar refractivity (Wildman–Crippen MR) is 125 cm³/mol. The summed E-state index contributed by atoms with van der Waals surface area (Å²) in [4.78, 5) is 33.8. The zero-order valence-corrected chi connectivity index (χ0v) is 18.3. The van der Waals surface area contributed by atoms with Crippen LogP contribution in [0, 0.1) is 0 Å². The van der Waals surface area contributed by atoms with Crippen LogP contribution in [-0.2, 0) is 0 Å². The normalized spacial score (nSPS) is 18.1. The molecule has 1 aliphatic rings. The van der Waals surface area contributed by atoms with Crippen molar-refractivity contribution in [1.82, 2.24) is 15.3 Å². The maximum atomic E-state index is 12.7. The second-order valence-electron chi connectivity index (χ2n) is 7.59. The lowest BCUT2D eigenvalue weighted by atomic mass is 9.88. The summed E-state index contributed by atoms with van der Waals surface area (Å²) in [7, 11) is 1.59. The monoisotopic (exact) mass is 453 g/mol. The van der Waals surface area contributed by atoms with Crippen LogP contribution in [-0.4, -0.2) is 42.2 Å². The van der Waals surface area contributed by atoms with Crippen LogP contribution in [0.5, 0.6) is 5.75 Å². The van der Waals surface area contributed by atoms with Gasteiger partial charge < -0.3 is 25.3 Å². The summed E-state index contributed by atoms with van der Waals surface area (Å²) in [6, 6.07) is 13.8. The number of nitrogens with zero attached hydrogens (tertiary/aromatic N) is 2. The van der Waals surface area contributed by atoms with Gasteiger partial charge in [0.15, 0.2) is 0 Å². The number of hydrogen-bond donors (Lipinski definition) is 3. The number of urea groups is 1. The van der Waals surface area contributed by atoms with E-state index >= 15 is 0 Å². The van der Waals surface area contributed by atoms with Crippen molar-refractivity contribution in [3.8, 4) is 5.75 Å². The molecule has 8 nitrogen and oxygen atoms in total. The van der Waals surface area contributed by atoms with E-state index in [0.717, 1.165) is 11.4 Å². The number of rotatable bonds is 5. The lowest BCUT2D eigenvalue weighted by Gasteiger charge is -2.39. The highest BCUT2D eigenvalue weighted by molar-refractivity contribution is 6.30. The molecule has 3 N–H and O–H groups in total. The Bertz CT molecular complexity index is 1120. The highest BCUT2D eigenvalue weighted by atomic mass is 35.5. The third kappa shape index (κ3) is 5.20. The van der Waals surface area contributed by atoms with Crippen LogP contribution < -0.4 is 25.8 Å². The van der Waals surface area contributed by atoms with E-state index in [1.165, 1.54) is 0 Å². The van der Waals surface area contributed by atoms with E-state index < -0.39 is 0 Å². The summed E-state index contributed by atoms with van der Waals surface area (Å²) in [6.45, 7) is 1.30. The summed E-state index contributed by atoms with van der Waals surface area (Å²) < 4.78 is 5.23. The molecule has 4 rings (SSSR count). The number of aromatic amines is 1. The van der Waals surface area contributed by atoms with Gasteiger partial charge in [0.05, 0.1) is 13.3 Å². The fourth-order valence-electron chi connectivity index (χ4n) is 3.89. The van der Waals surface area contributed by atoms with Gasteiger partial charge in [0.2, 0.25) is 5.56 Å². The van der Waals surface area contributed by atoms with Gasteiger partial charge in [0.25, 0.3) is 0 Å². The number of amides is 2. The fourth-order valence-corrected chi connectivity index (χ4v) is 4.02. The number of piperidine rings is 1. The summed E-state index contributed by atoms with van der Waals surface area (Å²) in [5.74, 6) is 0.589. The van der Waals surface area contributed by atoms with Gasteiger partial charge in [-0.05, 0) is 48.9 Å². The first kappa shape index (κ1) is 21.7. The average Bonchev–Trinajstić information content (AvgIpc) is 2.81. The van der Waals surface area contributed by atoms with Crippen LogP contribution >= 0.6 is 11.6 Å². The Morgan fingerprint density at radius 1 is 1.22 bits per heavy atom. The molecule has 1 fully saturated rings. The Labute approximate surface area is 190 Å². The van der Waals surface area contributed by atoms with Crippen LogP contribution in [0.15, 0.2) is 65.7 Å². The van der Waals surface area contributed by atoms with Crippen LogP contribution in [0.3, 0.4) is 0 Å². The molecule has 0 bridgehead atoms. The number of halogens is 1. The molecular weight excluding hydrogens is 430 g/mol. The molecule has 3 heterocycles. The Morgan fingerprint density at radius 3 is 2.72 bits per heavy atom. The largest absolute Gasteiger partial charge is 0.495 e. The van der Waals surface area contributed by atoms with Gasteiger partial charge in [0.1, 0.15) is 5.75 Å². The standard InChI is InChI=1S/C23H24ClN5O3/c1-32-18-6-7-20(26-13-18)19-14-29(17-8-10-25-22(30)12-17)11-9-21(19)28-23(31)27-16-4-2-15(24)3-5-16/h2-8,10,12-13,19,21H,9,11,14H2,1H3,(H,25,30)(H2,27,28,31). The van der Waals surface area contributed by atoms with E-state index in [1.807, 2.05) is 18.2 Å². The number of carbonyl (C=O) groups excluding carboxylic acids is 1. The van der Waals surface area contributed by atoms with Gasteiger partial charge in [0, 0.05) is 59.4 Å². The van der Waals surface area contributed by atoms with Crippen molar-refractivity contribution >= 4 is 29.0 Å². The van der Waals surface area contributed by atoms with E-state index in [-0.39, 0.29) is 23.6 Å². The molecule has 1 saturated heterocycles. The van der Waals surface area contributed by atoms with Crippen LogP contribution in [0.25, 0.3) is 0 Å². The van der Waals surface area contributed by atoms with Gasteiger partial charge in [-0.2, -0.15) is 0 Å². The third-order valence-corrected chi connectivity index (χ3v) is 5.78. The van der Waals surface area contributed by atoms with Crippen molar-refractivity contribution in [2.75, 3.05) is 30.4 Å². The lowest BCUT2D eigenvalue weighted by molar-refractivity contribution is 0.243. The first-order valence-electron chi connectivity index (χ1n) is 10.3. The molecule has 1 aromatic carbocycles. The predicted octanol–water partition coefficient (Wildman–Crippen LogP) is 3.62. The summed E-state index contributed by atoms with van der Waals surface area (Å²) in [6.07, 6.45) is 4.01. The van der Waals surface area contributed by atoms with E-state index in [2.05, 4.69) is 25.5 Å². The zero-order valence-electron chi connectivity index (χ0n) is 17.5. The minimum atomic E-state index is -0.291. The number of aromatic nitrogens is 2. The molecule has 2 atom stereocenters.